The molecule has 0 spiro atoms. The van der Waals surface area contributed by atoms with E-state index < -0.39 is 0 Å². The number of hydrogen-bond acceptors (Lipinski definition) is 4. The lowest BCUT2D eigenvalue weighted by Crippen LogP contribution is -2.49. The van der Waals surface area contributed by atoms with Gasteiger partial charge in [-0.05, 0) is 19.9 Å². The van der Waals surface area contributed by atoms with Crippen LogP contribution in [-0.4, -0.2) is 45.5 Å². The van der Waals surface area contributed by atoms with E-state index in [0.29, 0.717) is 13.0 Å². The smallest absolute Gasteiger partial charge is 0.222 e. The minimum atomic E-state index is -0.370. The fraction of sp³-hybridized carbons (Fsp3) is 0.923. The van der Waals surface area contributed by atoms with Crippen LogP contribution < -0.4 is 10.6 Å². The highest BCUT2D eigenvalue weighted by atomic mass is 16.7. The van der Waals surface area contributed by atoms with Crippen molar-refractivity contribution in [2.75, 3.05) is 27.8 Å². The Kier molecular flexibility index (Phi) is 6.60. The highest BCUT2D eigenvalue weighted by Crippen LogP contribution is 2.30. The highest BCUT2D eigenvalue weighted by molar-refractivity contribution is 5.77. The summed E-state index contributed by atoms with van der Waals surface area (Å²) >= 11 is 0. The average molecular weight is 258 g/mol. The lowest BCUT2D eigenvalue weighted by molar-refractivity contribution is -0.129. The predicted molar refractivity (Wildman–Crippen MR) is 70.3 cm³/mol. The van der Waals surface area contributed by atoms with Crippen LogP contribution in [0.4, 0.5) is 0 Å². The number of methoxy groups -OCH3 is 2. The van der Waals surface area contributed by atoms with Gasteiger partial charge in [0, 0.05) is 26.2 Å². The van der Waals surface area contributed by atoms with E-state index in [2.05, 4.69) is 10.6 Å². The molecule has 18 heavy (non-hydrogen) atoms. The van der Waals surface area contributed by atoms with Crippen molar-refractivity contribution in [1.82, 2.24) is 10.6 Å². The molecule has 0 unspecified atom stereocenters. The number of rotatable bonds is 7. The van der Waals surface area contributed by atoms with Gasteiger partial charge in [-0.3, -0.25) is 4.79 Å². The third-order valence-corrected chi connectivity index (χ3v) is 3.83. The Morgan fingerprint density at radius 2 is 1.83 bits per heavy atom. The molecule has 1 rings (SSSR count). The fourth-order valence-corrected chi connectivity index (χ4v) is 2.57. The number of ether oxygens (including phenoxy) is 2. The van der Waals surface area contributed by atoms with Crippen molar-refractivity contribution in [2.45, 2.75) is 50.4 Å². The van der Waals surface area contributed by atoms with Gasteiger partial charge in [0.2, 0.25) is 5.91 Å². The van der Waals surface area contributed by atoms with E-state index in [0.717, 1.165) is 12.8 Å². The third kappa shape index (κ3) is 4.55. The van der Waals surface area contributed by atoms with E-state index in [-0.39, 0.29) is 17.7 Å². The first-order chi connectivity index (χ1) is 8.65. The molecular weight excluding hydrogens is 232 g/mol. The van der Waals surface area contributed by atoms with E-state index in [1.807, 2.05) is 7.05 Å². The first-order valence-corrected chi connectivity index (χ1v) is 6.67. The standard InChI is InChI=1S/C13H26N2O3/c1-14-13(7-5-4-6-8-13)9-11(16)15-10-12(17-2)18-3/h12,14H,4-10H2,1-3H3,(H,15,16). The SMILES string of the molecule is CNC1(CC(=O)NCC(OC)OC)CCCCC1. The minimum Gasteiger partial charge on any atom is -0.354 e. The van der Waals surface area contributed by atoms with Crippen LogP contribution in [0.3, 0.4) is 0 Å². The number of carbonyl (C=O) groups is 1. The van der Waals surface area contributed by atoms with Gasteiger partial charge in [-0.1, -0.05) is 19.3 Å². The zero-order chi connectivity index (χ0) is 13.4. The molecule has 1 amide bonds. The summed E-state index contributed by atoms with van der Waals surface area (Å²) in [5.74, 6) is 0.0605. The Bertz CT molecular complexity index is 249. The Morgan fingerprint density at radius 1 is 1.22 bits per heavy atom. The average Bonchev–Trinajstić information content (AvgIpc) is 2.41. The number of nitrogens with one attached hydrogen (secondary N) is 2. The molecule has 0 aromatic carbocycles. The zero-order valence-corrected chi connectivity index (χ0v) is 11.8. The molecule has 0 aliphatic heterocycles. The lowest BCUT2D eigenvalue weighted by atomic mass is 9.79. The Balaban J connectivity index is 2.37. The second-order valence-corrected chi connectivity index (χ2v) is 4.97. The quantitative estimate of drug-likeness (QED) is 0.670. The van der Waals surface area contributed by atoms with E-state index >= 15 is 0 Å². The number of hydrogen-bond donors (Lipinski definition) is 2. The van der Waals surface area contributed by atoms with Crippen molar-refractivity contribution in [2.24, 2.45) is 0 Å². The summed E-state index contributed by atoms with van der Waals surface area (Å²) in [5, 5.41) is 6.20. The molecule has 2 N–H and O–H groups in total. The van der Waals surface area contributed by atoms with Crippen molar-refractivity contribution in [3.8, 4) is 0 Å². The fourth-order valence-electron chi connectivity index (χ4n) is 2.57. The Hall–Kier alpha value is -0.650. The van der Waals surface area contributed by atoms with Crippen molar-refractivity contribution >= 4 is 5.91 Å². The van der Waals surface area contributed by atoms with Gasteiger partial charge in [-0.25, -0.2) is 0 Å². The maximum absolute atomic E-state index is 11.9. The molecule has 5 heteroatoms. The molecule has 0 aromatic rings. The van der Waals surface area contributed by atoms with Crippen LogP contribution >= 0.6 is 0 Å². The molecule has 1 saturated carbocycles. The van der Waals surface area contributed by atoms with Crippen LogP contribution in [0.25, 0.3) is 0 Å². The topological polar surface area (TPSA) is 59.6 Å². The van der Waals surface area contributed by atoms with Gasteiger partial charge in [-0.15, -0.1) is 0 Å². The number of amides is 1. The molecule has 0 bridgehead atoms. The minimum absolute atomic E-state index is 0.0159. The molecule has 0 saturated heterocycles. The van der Waals surface area contributed by atoms with Gasteiger partial charge < -0.3 is 20.1 Å². The van der Waals surface area contributed by atoms with Crippen molar-refractivity contribution in [1.29, 1.82) is 0 Å². The molecule has 0 atom stereocenters. The Morgan fingerprint density at radius 3 is 2.33 bits per heavy atom. The molecular formula is C13H26N2O3. The van der Waals surface area contributed by atoms with Crippen molar-refractivity contribution < 1.29 is 14.3 Å². The molecule has 1 aliphatic carbocycles. The highest BCUT2D eigenvalue weighted by Gasteiger charge is 2.32. The molecule has 5 nitrogen and oxygen atoms in total. The van der Waals surface area contributed by atoms with Crippen LogP contribution in [0.1, 0.15) is 38.5 Å². The molecule has 106 valence electrons. The van der Waals surface area contributed by atoms with Gasteiger partial charge in [-0.2, -0.15) is 0 Å². The molecule has 0 heterocycles. The third-order valence-electron chi connectivity index (χ3n) is 3.83. The monoisotopic (exact) mass is 258 g/mol. The van der Waals surface area contributed by atoms with Crippen molar-refractivity contribution in [3.63, 3.8) is 0 Å². The Labute approximate surface area is 110 Å². The maximum atomic E-state index is 11.9. The first-order valence-electron chi connectivity index (χ1n) is 6.67. The van der Waals surface area contributed by atoms with Gasteiger partial charge in [0.1, 0.15) is 0 Å². The van der Waals surface area contributed by atoms with E-state index in [4.69, 9.17) is 9.47 Å². The molecule has 1 aliphatic rings. The maximum Gasteiger partial charge on any atom is 0.222 e. The second kappa shape index (κ2) is 7.71. The van der Waals surface area contributed by atoms with Gasteiger partial charge >= 0.3 is 0 Å². The van der Waals surface area contributed by atoms with Gasteiger partial charge in [0.05, 0.1) is 6.54 Å². The van der Waals surface area contributed by atoms with Crippen molar-refractivity contribution in [3.05, 3.63) is 0 Å². The summed E-state index contributed by atoms with van der Waals surface area (Å²) in [6.45, 7) is 0.394. The lowest BCUT2D eigenvalue weighted by Gasteiger charge is -2.36. The van der Waals surface area contributed by atoms with E-state index in [9.17, 15) is 4.79 Å². The summed E-state index contributed by atoms with van der Waals surface area (Å²) in [6.07, 6.45) is 6.00. The largest absolute Gasteiger partial charge is 0.354 e. The normalized spacial score (nSPS) is 18.9. The summed E-state index contributed by atoms with van der Waals surface area (Å²) in [4.78, 5) is 11.9. The van der Waals surface area contributed by atoms with E-state index in [1.165, 1.54) is 19.3 Å². The predicted octanol–water partition coefficient (Wildman–Crippen LogP) is 1.03. The van der Waals surface area contributed by atoms with Crippen LogP contribution in [-0.2, 0) is 14.3 Å². The van der Waals surface area contributed by atoms with Gasteiger partial charge in [0.15, 0.2) is 6.29 Å². The first kappa shape index (κ1) is 15.4. The van der Waals surface area contributed by atoms with Crippen LogP contribution in [0.5, 0.6) is 0 Å². The summed E-state index contributed by atoms with van der Waals surface area (Å²) in [5.41, 5.74) is -0.0159. The van der Waals surface area contributed by atoms with E-state index in [1.54, 1.807) is 14.2 Å². The molecule has 0 radical (unpaired) electrons. The van der Waals surface area contributed by atoms with Crippen LogP contribution in [0.15, 0.2) is 0 Å². The van der Waals surface area contributed by atoms with Gasteiger partial charge in [0.25, 0.3) is 0 Å². The summed E-state index contributed by atoms with van der Waals surface area (Å²) in [6, 6.07) is 0. The zero-order valence-electron chi connectivity index (χ0n) is 11.8. The summed E-state index contributed by atoms with van der Waals surface area (Å²) in [7, 11) is 5.08. The second-order valence-electron chi connectivity index (χ2n) is 4.97. The molecule has 0 aromatic heterocycles. The molecule has 1 fully saturated rings. The van der Waals surface area contributed by atoms with Crippen LogP contribution in [0.2, 0.25) is 0 Å². The summed E-state index contributed by atoms with van der Waals surface area (Å²) < 4.78 is 10.1. The number of carbonyl (C=O) groups excluding carboxylic acids is 1. The van der Waals surface area contributed by atoms with Crippen LogP contribution in [0, 0.1) is 0 Å².